The third-order valence-corrected chi connectivity index (χ3v) is 9.73. The van der Waals surface area contributed by atoms with Crippen molar-refractivity contribution >= 4 is 56.9 Å². The number of halogens is 2. The summed E-state index contributed by atoms with van der Waals surface area (Å²) < 4.78 is 9.22. The summed E-state index contributed by atoms with van der Waals surface area (Å²) in [5.74, 6) is -1.34. The SMILES string of the molecule is COC(=O)c1cc(Cl)ccc1Cc1cccc2c1ccn2-c1ccccc1.O=C(O)c1cc(Cl)ccc1Cc1cccc2c1ccn2-c1ccccc1. The summed E-state index contributed by atoms with van der Waals surface area (Å²) in [7, 11) is 1.38. The molecule has 0 fully saturated rings. The predicted octanol–water partition coefficient (Wildman–Crippen LogP) is 11.2. The molecule has 0 saturated heterocycles. The Bertz CT molecular complexity index is 2580. The van der Waals surface area contributed by atoms with Crippen molar-refractivity contribution in [2.45, 2.75) is 12.8 Å². The van der Waals surface area contributed by atoms with Gasteiger partial charge in [-0.1, -0.05) is 96.0 Å². The van der Waals surface area contributed by atoms with E-state index < -0.39 is 5.97 Å². The van der Waals surface area contributed by atoms with Crippen LogP contribution >= 0.6 is 23.2 Å². The molecule has 0 aliphatic rings. The van der Waals surface area contributed by atoms with E-state index in [1.807, 2.05) is 66.9 Å². The fraction of sp³-hybridized carbons (Fsp3) is 0.0667. The van der Waals surface area contributed by atoms with Gasteiger partial charge in [-0.3, -0.25) is 0 Å². The molecule has 8 heteroatoms. The number of para-hydroxylation sites is 2. The first-order valence-corrected chi connectivity index (χ1v) is 17.7. The highest BCUT2D eigenvalue weighted by molar-refractivity contribution is 6.31. The molecule has 0 atom stereocenters. The van der Waals surface area contributed by atoms with Gasteiger partial charge in [-0.2, -0.15) is 0 Å². The third kappa shape index (κ3) is 7.61. The Morgan fingerprint density at radius 3 is 1.45 bits per heavy atom. The fourth-order valence-electron chi connectivity index (χ4n) is 6.71. The lowest BCUT2D eigenvalue weighted by molar-refractivity contribution is 0.0598. The van der Waals surface area contributed by atoms with E-state index in [-0.39, 0.29) is 11.5 Å². The molecule has 0 radical (unpaired) electrons. The van der Waals surface area contributed by atoms with Crippen molar-refractivity contribution in [3.8, 4) is 11.4 Å². The monoisotopic (exact) mass is 736 g/mol. The van der Waals surface area contributed by atoms with Crippen LogP contribution in [0.3, 0.4) is 0 Å². The summed E-state index contributed by atoms with van der Waals surface area (Å²) in [4.78, 5) is 23.7. The van der Waals surface area contributed by atoms with Gasteiger partial charge in [0.15, 0.2) is 0 Å². The van der Waals surface area contributed by atoms with E-state index in [9.17, 15) is 14.7 Å². The molecule has 0 aliphatic carbocycles. The van der Waals surface area contributed by atoms with Gasteiger partial charge in [0.05, 0.1) is 29.3 Å². The first-order chi connectivity index (χ1) is 25.8. The van der Waals surface area contributed by atoms with Gasteiger partial charge in [-0.25, -0.2) is 9.59 Å². The van der Waals surface area contributed by atoms with Crippen molar-refractivity contribution in [2.75, 3.05) is 7.11 Å². The number of ether oxygens (including phenoxy) is 1. The molecule has 2 aromatic heterocycles. The zero-order valence-corrected chi connectivity index (χ0v) is 30.3. The second-order valence-electron chi connectivity index (χ2n) is 12.5. The second-order valence-corrected chi connectivity index (χ2v) is 13.4. The van der Waals surface area contributed by atoms with Crippen LogP contribution < -0.4 is 0 Å². The van der Waals surface area contributed by atoms with Crippen LogP contribution in [0.2, 0.25) is 10.0 Å². The summed E-state index contributed by atoms with van der Waals surface area (Å²) in [6, 6.07) is 47.3. The largest absolute Gasteiger partial charge is 0.478 e. The molecule has 262 valence electrons. The van der Waals surface area contributed by atoms with E-state index in [0.717, 1.165) is 55.4 Å². The predicted molar refractivity (Wildman–Crippen MR) is 213 cm³/mol. The van der Waals surface area contributed by atoms with Crippen LogP contribution in [0.15, 0.2) is 158 Å². The molecule has 53 heavy (non-hydrogen) atoms. The molecule has 0 saturated carbocycles. The van der Waals surface area contributed by atoms with Crippen molar-refractivity contribution in [1.82, 2.24) is 9.13 Å². The number of fused-ring (bicyclic) bond motifs is 2. The van der Waals surface area contributed by atoms with E-state index in [4.69, 9.17) is 27.9 Å². The first-order valence-electron chi connectivity index (χ1n) is 17.0. The summed E-state index contributed by atoms with van der Waals surface area (Å²) in [5.41, 5.74) is 9.07. The molecule has 6 aromatic carbocycles. The normalized spacial score (nSPS) is 10.9. The molecule has 0 aliphatic heterocycles. The molecule has 0 amide bonds. The summed E-state index contributed by atoms with van der Waals surface area (Å²) in [6.07, 6.45) is 5.28. The molecule has 0 unspecified atom stereocenters. The highest BCUT2D eigenvalue weighted by Crippen LogP contribution is 2.29. The quantitative estimate of drug-likeness (QED) is 0.158. The molecule has 0 spiro atoms. The summed E-state index contributed by atoms with van der Waals surface area (Å²) >= 11 is 12.0. The Morgan fingerprint density at radius 1 is 0.547 bits per heavy atom. The Balaban J connectivity index is 0.000000164. The van der Waals surface area contributed by atoms with Gasteiger partial charge in [-0.05, 0) is 108 Å². The van der Waals surface area contributed by atoms with Crippen molar-refractivity contribution < 1.29 is 19.4 Å². The summed E-state index contributed by atoms with van der Waals surface area (Å²) in [5, 5.41) is 12.7. The van der Waals surface area contributed by atoms with Crippen molar-refractivity contribution in [3.05, 3.63) is 201 Å². The molecule has 0 bridgehead atoms. The minimum atomic E-state index is -0.962. The van der Waals surface area contributed by atoms with Gasteiger partial charge in [0, 0.05) is 44.6 Å². The molecule has 6 nitrogen and oxygen atoms in total. The number of carboxylic acids is 1. The minimum Gasteiger partial charge on any atom is -0.478 e. The number of aromatic carboxylic acids is 1. The maximum Gasteiger partial charge on any atom is 0.338 e. The van der Waals surface area contributed by atoms with Gasteiger partial charge in [0.2, 0.25) is 0 Å². The number of hydrogen-bond acceptors (Lipinski definition) is 3. The maximum absolute atomic E-state index is 12.1. The fourth-order valence-corrected chi connectivity index (χ4v) is 7.06. The lowest BCUT2D eigenvalue weighted by atomic mass is 9.97. The van der Waals surface area contributed by atoms with Crippen molar-refractivity contribution in [1.29, 1.82) is 0 Å². The van der Waals surface area contributed by atoms with Gasteiger partial charge in [0.25, 0.3) is 0 Å². The number of hydrogen-bond donors (Lipinski definition) is 1. The number of carboxylic acid groups (broad SMARTS) is 1. The number of aromatic nitrogens is 2. The average Bonchev–Trinajstić information content (AvgIpc) is 3.83. The topological polar surface area (TPSA) is 73.5 Å². The van der Waals surface area contributed by atoms with Crippen LogP contribution in [0.1, 0.15) is 43.0 Å². The highest BCUT2D eigenvalue weighted by Gasteiger charge is 2.16. The number of methoxy groups -OCH3 is 1. The third-order valence-electron chi connectivity index (χ3n) is 9.26. The van der Waals surface area contributed by atoms with Gasteiger partial charge < -0.3 is 19.0 Å². The van der Waals surface area contributed by atoms with Gasteiger partial charge >= 0.3 is 11.9 Å². The lowest BCUT2D eigenvalue weighted by Gasteiger charge is -2.11. The smallest absolute Gasteiger partial charge is 0.338 e. The number of esters is 1. The Morgan fingerprint density at radius 2 is 1.00 bits per heavy atom. The minimum absolute atomic E-state index is 0.247. The summed E-state index contributed by atoms with van der Waals surface area (Å²) in [6.45, 7) is 0. The van der Waals surface area contributed by atoms with E-state index in [2.05, 4.69) is 69.9 Å². The lowest BCUT2D eigenvalue weighted by Crippen LogP contribution is -2.06. The van der Waals surface area contributed by atoms with Crippen LogP contribution in [0.25, 0.3) is 33.2 Å². The molecule has 2 heterocycles. The first kappa shape index (κ1) is 35.3. The van der Waals surface area contributed by atoms with Crippen LogP contribution in [-0.4, -0.2) is 33.3 Å². The average molecular weight is 738 g/mol. The maximum atomic E-state index is 12.1. The molecule has 1 N–H and O–H groups in total. The standard InChI is InChI=1S/C23H18ClNO2.C22H16ClNO2/c1-27-23(26)21-15-18(24)11-10-17(21)14-16-6-5-9-22-20(16)12-13-25(22)19-7-3-2-4-8-19;23-17-10-9-16(20(14-17)22(25)26)13-15-5-4-8-21-19(15)11-12-24(21)18-6-2-1-3-7-18/h2-13,15H,14H2,1H3;1-12,14H,13H2,(H,25,26). The van der Waals surface area contributed by atoms with E-state index in [1.165, 1.54) is 13.2 Å². The van der Waals surface area contributed by atoms with Crippen LogP contribution in [-0.2, 0) is 17.6 Å². The second kappa shape index (κ2) is 15.7. The molecule has 8 aromatic rings. The van der Waals surface area contributed by atoms with E-state index >= 15 is 0 Å². The van der Waals surface area contributed by atoms with Gasteiger partial charge in [0.1, 0.15) is 0 Å². The molecular weight excluding hydrogens is 703 g/mol. The number of benzene rings is 6. The number of nitrogens with zero attached hydrogens (tertiary/aromatic N) is 2. The number of rotatable bonds is 8. The number of carbonyl (C=O) groups excluding carboxylic acids is 1. The van der Waals surface area contributed by atoms with Crippen molar-refractivity contribution in [3.63, 3.8) is 0 Å². The van der Waals surface area contributed by atoms with Crippen LogP contribution in [0.4, 0.5) is 0 Å². The zero-order valence-electron chi connectivity index (χ0n) is 28.7. The Labute approximate surface area is 317 Å². The number of carbonyl (C=O) groups is 2. The Hall–Kier alpha value is -6.08. The van der Waals surface area contributed by atoms with E-state index in [1.54, 1.807) is 24.3 Å². The van der Waals surface area contributed by atoms with Crippen LogP contribution in [0, 0.1) is 0 Å². The molecular formula is C45H34Cl2N2O4. The van der Waals surface area contributed by atoms with Crippen LogP contribution in [0.5, 0.6) is 0 Å². The van der Waals surface area contributed by atoms with Gasteiger partial charge in [-0.15, -0.1) is 0 Å². The molecule has 8 rings (SSSR count). The Kier molecular flexibility index (Phi) is 10.4. The highest BCUT2D eigenvalue weighted by atomic mass is 35.5. The van der Waals surface area contributed by atoms with Crippen molar-refractivity contribution in [2.24, 2.45) is 0 Å². The zero-order chi connectivity index (χ0) is 36.9. The van der Waals surface area contributed by atoms with E-state index in [0.29, 0.717) is 28.5 Å².